The summed E-state index contributed by atoms with van der Waals surface area (Å²) in [6, 6.07) is 2.05. The van der Waals surface area contributed by atoms with Gasteiger partial charge in [-0.3, -0.25) is 11.3 Å². The van der Waals surface area contributed by atoms with Gasteiger partial charge < -0.3 is 4.74 Å². The summed E-state index contributed by atoms with van der Waals surface area (Å²) in [4.78, 5) is 1.12. The largest absolute Gasteiger partial charge is 0.496 e. The molecular weight excluding hydrogens is 196 g/mol. The van der Waals surface area contributed by atoms with Crippen molar-refractivity contribution in [2.75, 3.05) is 7.11 Å². The van der Waals surface area contributed by atoms with E-state index in [1.165, 1.54) is 0 Å². The Morgan fingerprint density at radius 2 is 2.50 bits per heavy atom. The fraction of sp³-hybridized carbons (Fsp3) is 0.400. The zero-order valence-electron chi connectivity index (χ0n) is 8.54. The SMILES string of the molecule is C=C(C)CC(NN)c1sccc1OC. The number of thiophene rings is 1. The van der Waals surface area contributed by atoms with E-state index in [2.05, 4.69) is 12.0 Å². The molecule has 0 saturated carbocycles. The minimum absolute atomic E-state index is 0.0995. The maximum absolute atomic E-state index is 5.50. The third kappa shape index (κ3) is 2.57. The average Bonchev–Trinajstić information content (AvgIpc) is 2.61. The Morgan fingerprint density at radius 1 is 1.79 bits per heavy atom. The highest BCUT2D eigenvalue weighted by Gasteiger charge is 2.15. The van der Waals surface area contributed by atoms with Crippen LogP contribution in [0.15, 0.2) is 23.6 Å². The maximum Gasteiger partial charge on any atom is 0.134 e. The van der Waals surface area contributed by atoms with Crippen molar-refractivity contribution in [1.29, 1.82) is 0 Å². The Morgan fingerprint density at radius 3 is 3.00 bits per heavy atom. The monoisotopic (exact) mass is 212 g/mol. The van der Waals surface area contributed by atoms with E-state index in [-0.39, 0.29) is 6.04 Å². The summed E-state index contributed by atoms with van der Waals surface area (Å²) in [6.45, 7) is 5.87. The molecule has 1 unspecified atom stereocenters. The van der Waals surface area contributed by atoms with E-state index in [1.807, 2.05) is 18.4 Å². The van der Waals surface area contributed by atoms with Crippen LogP contribution < -0.4 is 16.0 Å². The van der Waals surface area contributed by atoms with Crippen LogP contribution >= 0.6 is 11.3 Å². The van der Waals surface area contributed by atoms with Crippen molar-refractivity contribution in [1.82, 2.24) is 5.43 Å². The van der Waals surface area contributed by atoms with Crippen LogP contribution in [0.25, 0.3) is 0 Å². The zero-order chi connectivity index (χ0) is 10.6. The van der Waals surface area contributed by atoms with Gasteiger partial charge in [0, 0.05) is 0 Å². The lowest BCUT2D eigenvalue weighted by Gasteiger charge is -2.15. The molecule has 0 fully saturated rings. The van der Waals surface area contributed by atoms with E-state index in [1.54, 1.807) is 18.4 Å². The van der Waals surface area contributed by atoms with Gasteiger partial charge in [0.2, 0.25) is 0 Å². The molecule has 0 aromatic carbocycles. The van der Waals surface area contributed by atoms with Crippen molar-refractivity contribution < 1.29 is 4.74 Å². The van der Waals surface area contributed by atoms with Crippen LogP contribution in [0.4, 0.5) is 0 Å². The van der Waals surface area contributed by atoms with E-state index in [9.17, 15) is 0 Å². The van der Waals surface area contributed by atoms with Crippen LogP contribution in [-0.2, 0) is 0 Å². The topological polar surface area (TPSA) is 47.3 Å². The highest BCUT2D eigenvalue weighted by molar-refractivity contribution is 7.10. The second-order valence-corrected chi connectivity index (χ2v) is 4.18. The molecule has 0 aliphatic heterocycles. The minimum Gasteiger partial charge on any atom is -0.496 e. The van der Waals surface area contributed by atoms with Crippen molar-refractivity contribution in [2.24, 2.45) is 5.84 Å². The van der Waals surface area contributed by atoms with Crippen molar-refractivity contribution in [2.45, 2.75) is 19.4 Å². The number of nitrogens with one attached hydrogen (secondary N) is 1. The quantitative estimate of drug-likeness (QED) is 0.447. The van der Waals surface area contributed by atoms with E-state index >= 15 is 0 Å². The maximum atomic E-state index is 5.50. The number of methoxy groups -OCH3 is 1. The number of rotatable bonds is 5. The standard InChI is InChI=1S/C10H16N2OS/c1-7(2)6-8(12-11)10-9(13-3)4-5-14-10/h4-5,8,12H,1,6,11H2,2-3H3. The van der Waals surface area contributed by atoms with E-state index in [0.717, 1.165) is 22.6 Å². The predicted molar refractivity (Wildman–Crippen MR) is 60.4 cm³/mol. The first-order valence-electron chi connectivity index (χ1n) is 4.41. The van der Waals surface area contributed by atoms with Crippen LogP contribution in [0, 0.1) is 0 Å². The van der Waals surface area contributed by atoms with Gasteiger partial charge in [0.15, 0.2) is 0 Å². The zero-order valence-corrected chi connectivity index (χ0v) is 9.36. The molecule has 0 radical (unpaired) electrons. The fourth-order valence-corrected chi connectivity index (χ4v) is 2.23. The molecule has 1 aromatic rings. The lowest BCUT2D eigenvalue weighted by molar-refractivity contribution is 0.403. The van der Waals surface area contributed by atoms with E-state index in [4.69, 9.17) is 10.6 Å². The summed E-state index contributed by atoms with van der Waals surface area (Å²) in [5.41, 5.74) is 3.88. The number of hydrogen-bond donors (Lipinski definition) is 2. The second kappa shape index (κ2) is 5.14. The molecule has 0 amide bonds. The smallest absolute Gasteiger partial charge is 0.134 e. The van der Waals surface area contributed by atoms with Gasteiger partial charge in [-0.2, -0.15) is 0 Å². The van der Waals surface area contributed by atoms with Gasteiger partial charge in [-0.1, -0.05) is 5.57 Å². The summed E-state index contributed by atoms with van der Waals surface area (Å²) in [7, 11) is 1.67. The Bertz CT molecular complexity index is 309. The number of nitrogens with two attached hydrogens (primary N) is 1. The molecule has 4 heteroatoms. The summed E-state index contributed by atoms with van der Waals surface area (Å²) < 4.78 is 5.23. The van der Waals surface area contributed by atoms with Gasteiger partial charge in [0.05, 0.1) is 18.0 Å². The molecule has 0 aliphatic rings. The number of hydrazine groups is 1. The lowest BCUT2D eigenvalue weighted by Crippen LogP contribution is -2.27. The summed E-state index contributed by atoms with van der Waals surface area (Å²) in [5.74, 6) is 6.38. The van der Waals surface area contributed by atoms with Crippen LogP contribution in [0.2, 0.25) is 0 Å². The van der Waals surface area contributed by atoms with Gasteiger partial charge in [-0.25, -0.2) is 0 Å². The summed E-state index contributed by atoms with van der Waals surface area (Å²) in [5, 5.41) is 2.00. The molecule has 3 N–H and O–H groups in total. The molecule has 1 aromatic heterocycles. The Hall–Kier alpha value is -0.840. The summed E-state index contributed by atoms with van der Waals surface area (Å²) in [6.07, 6.45) is 0.827. The fourth-order valence-electron chi connectivity index (χ4n) is 1.31. The number of ether oxygens (including phenoxy) is 1. The predicted octanol–water partition coefficient (Wildman–Crippen LogP) is 2.23. The molecule has 0 spiro atoms. The highest BCUT2D eigenvalue weighted by Crippen LogP contribution is 2.33. The first kappa shape index (κ1) is 11.2. The van der Waals surface area contributed by atoms with Crippen molar-refractivity contribution >= 4 is 11.3 Å². The van der Waals surface area contributed by atoms with Crippen LogP contribution in [0.3, 0.4) is 0 Å². The Kier molecular flexibility index (Phi) is 4.13. The van der Waals surface area contributed by atoms with E-state index < -0.39 is 0 Å². The molecule has 1 atom stereocenters. The molecule has 14 heavy (non-hydrogen) atoms. The minimum atomic E-state index is 0.0995. The Balaban J connectivity index is 2.82. The lowest BCUT2D eigenvalue weighted by atomic mass is 10.1. The van der Waals surface area contributed by atoms with Crippen LogP contribution in [0.5, 0.6) is 5.75 Å². The number of hydrogen-bond acceptors (Lipinski definition) is 4. The molecule has 3 nitrogen and oxygen atoms in total. The highest BCUT2D eigenvalue weighted by atomic mass is 32.1. The van der Waals surface area contributed by atoms with Crippen molar-refractivity contribution in [3.63, 3.8) is 0 Å². The molecular formula is C10H16N2OS. The van der Waals surface area contributed by atoms with Crippen LogP contribution in [0.1, 0.15) is 24.3 Å². The molecule has 1 rings (SSSR count). The second-order valence-electron chi connectivity index (χ2n) is 3.23. The van der Waals surface area contributed by atoms with Crippen molar-refractivity contribution in [3.8, 4) is 5.75 Å². The molecule has 0 saturated heterocycles. The molecule has 78 valence electrons. The third-order valence-corrected chi connectivity index (χ3v) is 2.96. The first-order valence-corrected chi connectivity index (χ1v) is 5.29. The van der Waals surface area contributed by atoms with Gasteiger partial charge in [-0.05, 0) is 24.8 Å². The summed E-state index contributed by atoms with van der Waals surface area (Å²) >= 11 is 1.64. The molecule has 0 bridgehead atoms. The third-order valence-electron chi connectivity index (χ3n) is 1.95. The van der Waals surface area contributed by atoms with Gasteiger partial charge in [0.1, 0.15) is 5.75 Å². The first-order chi connectivity index (χ1) is 6.69. The van der Waals surface area contributed by atoms with Gasteiger partial charge in [-0.15, -0.1) is 17.9 Å². The molecule has 1 heterocycles. The Labute approximate surface area is 88.5 Å². The van der Waals surface area contributed by atoms with Crippen molar-refractivity contribution in [3.05, 3.63) is 28.5 Å². The average molecular weight is 212 g/mol. The molecule has 0 aliphatic carbocycles. The normalized spacial score (nSPS) is 12.5. The van der Waals surface area contributed by atoms with E-state index in [0.29, 0.717) is 0 Å². The van der Waals surface area contributed by atoms with Crippen LogP contribution in [-0.4, -0.2) is 7.11 Å². The van der Waals surface area contributed by atoms with Gasteiger partial charge in [0.25, 0.3) is 0 Å². The van der Waals surface area contributed by atoms with Gasteiger partial charge >= 0.3 is 0 Å².